The Labute approximate surface area is 669 Å². The number of hydrogen-bond acceptors (Lipinski definition) is 3. The van der Waals surface area contributed by atoms with Crippen molar-refractivity contribution in [2.24, 2.45) is 0 Å². The molecule has 0 aliphatic carbocycles. The highest BCUT2D eigenvalue weighted by Crippen LogP contribution is 2.55. The lowest BCUT2D eigenvalue weighted by Gasteiger charge is -2.22. The van der Waals surface area contributed by atoms with Gasteiger partial charge in [-0.1, -0.05) is 340 Å². The van der Waals surface area contributed by atoms with E-state index in [2.05, 4.69) is 320 Å². The molecule has 542 valence electrons. The zero-order valence-corrected chi connectivity index (χ0v) is 64.7. The SMILES string of the molecule is O=P(c1ccccc1)(c1ccccc1)c1ccc2oc3ccc(-c4c5ccccc5c(-c5ccccc5)c5c6ccccc6c6cc(-c7ccc(P(=O)(c8ccccc8)c8ccc9c(c8)c8cc(-c%10c%11ccccc%11c(-c%11ccccc%11)c%11c%12ccccc%12c%12ccccc%12c%10%11)ccc8n9-c8ccccc8)cc7)ccc6c45)cc3c2c1. The highest BCUT2D eigenvalue weighted by atomic mass is 31.2. The topological polar surface area (TPSA) is 52.2 Å². The van der Waals surface area contributed by atoms with Gasteiger partial charge in [0.2, 0.25) is 0 Å². The minimum atomic E-state index is -3.63. The number of furan rings is 1. The zero-order chi connectivity index (χ0) is 76.7. The molecule has 1 unspecified atom stereocenters. The van der Waals surface area contributed by atoms with E-state index in [0.717, 1.165) is 152 Å². The molecular weight excluding hydrogens is 1450 g/mol. The normalized spacial score (nSPS) is 12.6. The third-order valence-electron chi connectivity index (χ3n) is 24.5. The fourth-order valence-corrected chi connectivity index (χ4v) is 24.7. The molecule has 6 heteroatoms. The van der Waals surface area contributed by atoms with E-state index in [-0.39, 0.29) is 0 Å². The predicted octanol–water partition coefficient (Wildman–Crippen LogP) is 27.5. The Bertz CT molecular complexity index is 8060. The first-order chi connectivity index (χ1) is 57.3. The van der Waals surface area contributed by atoms with Crippen LogP contribution in [0.3, 0.4) is 0 Å². The van der Waals surface area contributed by atoms with Crippen molar-refractivity contribution in [3.63, 3.8) is 0 Å². The van der Waals surface area contributed by atoms with Crippen molar-refractivity contribution in [2.75, 3.05) is 0 Å². The highest BCUT2D eigenvalue weighted by Gasteiger charge is 2.34. The molecule has 2 aromatic heterocycles. The molecule has 0 amide bonds. The summed E-state index contributed by atoms with van der Waals surface area (Å²) in [7, 11) is -6.96. The summed E-state index contributed by atoms with van der Waals surface area (Å²) in [6.45, 7) is 0. The molecule has 116 heavy (non-hydrogen) atoms. The summed E-state index contributed by atoms with van der Waals surface area (Å²) >= 11 is 0. The summed E-state index contributed by atoms with van der Waals surface area (Å²) in [5, 5.41) is 27.3. The van der Waals surface area contributed by atoms with Gasteiger partial charge in [-0.2, -0.15) is 0 Å². The molecule has 23 rings (SSSR count). The van der Waals surface area contributed by atoms with Gasteiger partial charge in [-0.25, -0.2) is 0 Å². The van der Waals surface area contributed by atoms with Crippen LogP contribution in [0.5, 0.6) is 0 Å². The van der Waals surface area contributed by atoms with Crippen LogP contribution in [0.25, 0.3) is 191 Å². The second-order valence-corrected chi connectivity index (χ2v) is 36.1. The van der Waals surface area contributed by atoms with Crippen molar-refractivity contribution in [1.29, 1.82) is 0 Å². The molecule has 0 N–H and O–H groups in total. The number of benzene rings is 21. The quantitative estimate of drug-likeness (QED) is 0.0696. The van der Waals surface area contributed by atoms with Crippen molar-refractivity contribution in [3.8, 4) is 61.3 Å². The zero-order valence-electron chi connectivity index (χ0n) is 62.9. The third-order valence-corrected chi connectivity index (χ3v) is 30.6. The standard InChI is InChI=1S/C110H69NO3P2/c112-115(77-35-13-4-14-36-77,78-37-15-5-16-38-78)82-59-64-102-98(69-82)97-67-75(55-63-101(97)114-102)106-92-50-28-26-48-90(92)104(72-31-9-2-10-32-72)108-88-46-24-21-43-85(88)94-65-73(53-60-93(94)110(106)108)70-51-56-80(57-52-70)116(113,79-39-17-6-18-40-79)81-58-62-100-96(68-81)95-66-74(54-61-99(95)111(100)76-33-11-3-12-34-76)105-91-49-27-25-47-89(91)103(71-29-7-1-8-30-71)107-86-44-22-19-41-83(86)84-42-20-23-45-87(84)109(105)107/h1-69H. The Balaban J connectivity index is 0.703. The molecule has 2 heterocycles. The van der Waals surface area contributed by atoms with Crippen molar-refractivity contribution in [3.05, 3.63) is 419 Å². The van der Waals surface area contributed by atoms with Gasteiger partial charge < -0.3 is 18.1 Å². The predicted molar refractivity (Wildman–Crippen MR) is 494 cm³/mol. The lowest BCUT2D eigenvalue weighted by molar-refractivity contribution is 0.591. The maximum atomic E-state index is 17.4. The average Bonchev–Trinajstić information content (AvgIpc) is 0.719. The first kappa shape index (κ1) is 67.5. The minimum absolute atomic E-state index is 0.732. The molecule has 1 atom stereocenters. The van der Waals surface area contributed by atoms with E-state index in [4.69, 9.17) is 4.42 Å². The van der Waals surface area contributed by atoms with Gasteiger partial charge in [-0.15, -0.1) is 0 Å². The molecular formula is C110H69NO3P2. The number of hydrogen-bond donors (Lipinski definition) is 0. The van der Waals surface area contributed by atoms with E-state index in [0.29, 0.717) is 0 Å². The van der Waals surface area contributed by atoms with Crippen LogP contribution in [0.2, 0.25) is 0 Å². The van der Waals surface area contributed by atoms with Crippen LogP contribution in [-0.2, 0) is 9.13 Å². The van der Waals surface area contributed by atoms with Crippen molar-refractivity contribution in [1.82, 2.24) is 4.57 Å². The molecule has 0 radical (unpaired) electrons. The maximum absolute atomic E-state index is 17.4. The van der Waals surface area contributed by atoms with Crippen LogP contribution in [0.15, 0.2) is 423 Å². The minimum Gasteiger partial charge on any atom is -0.456 e. The summed E-state index contributed by atoms with van der Waals surface area (Å²) in [6, 6.07) is 149. The number of fused-ring (bicyclic) bond motifs is 20. The summed E-state index contributed by atoms with van der Waals surface area (Å²) in [5.41, 5.74) is 15.8. The summed E-state index contributed by atoms with van der Waals surface area (Å²) in [4.78, 5) is 0. The fourth-order valence-electron chi connectivity index (χ4n) is 19.3. The molecule has 0 spiro atoms. The van der Waals surface area contributed by atoms with Crippen LogP contribution < -0.4 is 31.8 Å². The van der Waals surface area contributed by atoms with E-state index >= 15 is 9.13 Å². The Morgan fingerprint density at radius 2 is 0.466 bits per heavy atom. The Morgan fingerprint density at radius 1 is 0.181 bits per heavy atom. The monoisotopic (exact) mass is 1510 g/mol. The smallest absolute Gasteiger partial charge is 0.171 e. The largest absolute Gasteiger partial charge is 0.456 e. The number of rotatable bonds is 12. The van der Waals surface area contributed by atoms with E-state index in [1.807, 2.05) is 103 Å². The second kappa shape index (κ2) is 26.7. The van der Waals surface area contributed by atoms with Gasteiger partial charge in [0.1, 0.15) is 11.2 Å². The number of aromatic nitrogens is 1. The summed E-state index contributed by atoms with van der Waals surface area (Å²) in [6.07, 6.45) is 0. The van der Waals surface area contributed by atoms with E-state index in [9.17, 15) is 0 Å². The average molecular weight is 1510 g/mol. The van der Waals surface area contributed by atoms with Gasteiger partial charge in [0.25, 0.3) is 0 Å². The third kappa shape index (κ3) is 10.3. The van der Waals surface area contributed by atoms with E-state index in [1.165, 1.54) is 70.7 Å². The van der Waals surface area contributed by atoms with Gasteiger partial charge >= 0.3 is 0 Å². The van der Waals surface area contributed by atoms with Crippen LogP contribution in [-0.4, -0.2) is 4.57 Å². The molecule has 21 aromatic carbocycles. The fraction of sp³-hybridized carbons (Fsp3) is 0. The van der Waals surface area contributed by atoms with Gasteiger partial charge in [0.15, 0.2) is 14.3 Å². The van der Waals surface area contributed by atoms with E-state index in [1.54, 1.807) is 0 Å². The van der Waals surface area contributed by atoms with Gasteiger partial charge in [-0.3, -0.25) is 0 Å². The van der Waals surface area contributed by atoms with Crippen LogP contribution >= 0.6 is 14.3 Å². The molecule has 0 aliphatic heterocycles. The van der Waals surface area contributed by atoms with E-state index < -0.39 is 14.3 Å². The molecule has 0 bridgehead atoms. The Hall–Kier alpha value is -14.2. The van der Waals surface area contributed by atoms with Crippen molar-refractivity contribution < 1.29 is 13.5 Å². The molecule has 0 saturated heterocycles. The first-order valence-corrected chi connectivity index (χ1v) is 43.1. The number of nitrogens with zero attached hydrogens (tertiary/aromatic N) is 1. The highest BCUT2D eigenvalue weighted by molar-refractivity contribution is 7.85. The van der Waals surface area contributed by atoms with Crippen molar-refractivity contribution in [2.45, 2.75) is 0 Å². The van der Waals surface area contributed by atoms with Crippen molar-refractivity contribution >= 4 is 176 Å². The lowest BCUT2D eigenvalue weighted by Crippen LogP contribution is -2.25. The van der Waals surface area contributed by atoms with Gasteiger partial charge in [0.05, 0.1) is 11.0 Å². The molecule has 0 aliphatic rings. The molecule has 23 aromatic rings. The lowest BCUT2D eigenvalue weighted by atomic mass is 9.81. The first-order valence-electron chi connectivity index (χ1n) is 39.6. The number of para-hydroxylation sites is 1. The molecule has 0 saturated carbocycles. The molecule has 4 nitrogen and oxygen atoms in total. The Morgan fingerprint density at radius 3 is 0.931 bits per heavy atom. The summed E-state index contributed by atoms with van der Waals surface area (Å²) in [5.74, 6) is 0. The Kier molecular flexibility index (Phi) is 15.5. The second-order valence-electron chi connectivity index (χ2n) is 30.6. The van der Waals surface area contributed by atoms with Crippen LogP contribution in [0, 0.1) is 0 Å². The summed E-state index contributed by atoms with van der Waals surface area (Å²) < 4.78 is 42.5. The van der Waals surface area contributed by atoms with Gasteiger partial charge in [0, 0.05) is 59.1 Å². The van der Waals surface area contributed by atoms with Crippen LogP contribution in [0.1, 0.15) is 0 Å². The van der Waals surface area contributed by atoms with Crippen LogP contribution in [0.4, 0.5) is 0 Å². The molecule has 0 fully saturated rings. The maximum Gasteiger partial charge on any atom is 0.171 e. The van der Waals surface area contributed by atoms with Gasteiger partial charge in [-0.05, 0) is 221 Å².